The molecule has 2 saturated carbocycles. The molecule has 12 rings (SSSR count). The maximum absolute atomic E-state index is 5.91. The van der Waals surface area contributed by atoms with E-state index in [-0.39, 0.29) is 5.92 Å². The molecule has 0 spiro atoms. The second-order valence-corrected chi connectivity index (χ2v) is 15.3. The number of imidazole rings is 2. The van der Waals surface area contributed by atoms with Crippen LogP contribution in [0.1, 0.15) is 100 Å². The molecule has 15 heteroatoms. The van der Waals surface area contributed by atoms with E-state index in [1.807, 2.05) is 61.4 Å². The Morgan fingerprint density at radius 3 is 2.04 bits per heavy atom. The summed E-state index contributed by atoms with van der Waals surface area (Å²) in [4.78, 5) is 28.2. The van der Waals surface area contributed by atoms with E-state index < -0.39 is 0 Å². The highest BCUT2D eigenvalue weighted by atomic mass is 16.6. The Morgan fingerprint density at radius 2 is 1.31 bits per heavy atom. The summed E-state index contributed by atoms with van der Waals surface area (Å²) in [5, 5.41) is 9.49. The van der Waals surface area contributed by atoms with Crippen LogP contribution in [0.5, 0.6) is 17.2 Å². The third-order valence-corrected chi connectivity index (χ3v) is 11.5. The van der Waals surface area contributed by atoms with E-state index in [1.165, 1.54) is 5.56 Å². The quantitative estimate of drug-likeness (QED) is 0.218. The predicted octanol–water partition coefficient (Wildman–Crippen LogP) is 5.72. The van der Waals surface area contributed by atoms with Crippen molar-refractivity contribution >= 4 is 22.6 Å². The molecular formula is C40H40N12O3. The van der Waals surface area contributed by atoms with Gasteiger partial charge >= 0.3 is 0 Å². The summed E-state index contributed by atoms with van der Waals surface area (Å²) in [5.41, 5.74) is 11.9. The van der Waals surface area contributed by atoms with Gasteiger partial charge in [-0.05, 0) is 71.9 Å². The van der Waals surface area contributed by atoms with Crippen LogP contribution in [0.25, 0.3) is 22.6 Å². The van der Waals surface area contributed by atoms with Gasteiger partial charge < -0.3 is 23.0 Å². The fourth-order valence-electron chi connectivity index (χ4n) is 8.28. The minimum Gasteiger partial charge on any atom is -0.489 e. The van der Waals surface area contributed by atoms with Gasteiger partial charge in [0.2, 0.25) is 5.75 Å². The van der Waals surface area contributed by atoms with Gasteiger partial charge in [0.1, 0.15) is 13.2 Å². The molecule has 278 valence electrons. The Bertz CT molecular complexity index is 2770. The summed E-state index contributed by atoms with van der Waals surface area (Å²) < 4.78 is 25.4. The first-order valence-corrected chi connectivity index (χ1v) is 19.1. The molecule has 0 saturated heterocycles. The van der Waals surface area contributed by atoms with Crippen LogP contribution in [0.4, 0.5) is 0 Å². The van der Waals surface area contributed by atoms with Crippen LogP contribution in [0.15, 0.2) is 43.1 Å². The van der Waals surface area contributed by atoms with Gasteiger partial charge in [-0.3, -0.25) is 9.97 Å². The second-order valence-electron chi connectivity index (χ2n) is 15.3. The Kier molecular flexibility index (Phi) is 7.02. The third-order valence-electron chi connectivity index (χ3n) is 11.5. The van der Waals surface area contributed by atoms with Crippen molar-refractivity contribution in [2.24, 2.45) is 0 Å². The Morgan fingerprint density at radius 1 is 0.636 bits per heavy atom. The molecule has 4 unspecified atom stereocenters. The zero-order chi connectivity index (χ0) is 37.1. The molecule has 2 aliphatic heterocycles. The summed E-state index contributed by atoms with van der Waals surface area (Å²) in [6, 6.07) is 4.10. The van der Waals surface area contributed by atoms with Crippen LogP contribution in [0, 0.1) is 34.6 Å². The summed E-state index contributed by atoms with van der Waals surface area (Å²) >= 11 is 0. The first kappa shape index (κ1) is 32.3. The van der Waals surface area contributed by atoms with Crippen molar-refractivity contribution in [3.05, 3.63) is 100 Å². The monoisotopic (exact) mass is 736 g/mol. The molecular weight excluding hydrogens is 697 g/mol. The van der Waals surface area contributed by atoms with Crippen molar-refractivity contribution < 1.29 is 14.2 Å². The molecule has 8 aromatic rings. The number of rotatable bonds is 4. The van der Waals surface area contributed by atoms with Gasteiger partial charge in [0.15, 0.2) is 45.7 Å². The van der Waals surface area contributed by atoms with E-state index in [4.69, 9.17) is 44.3 Å². The number of ether oxygens (including phenoxy) is 3. The highest BCUT2D eigenvalue weighted by Gasteiger charge is 2.46. The van der Waals surface area contributed by atoms with Gasteiger partial charge in [-0.2, -0.15) is 10.2 Å². The highest BCUT2D eigenvalue weighted by Crippen LogP contribution is 2.55. The van der Waals surface area contributed by atoms with Crippen molar-refractivity contribution in [1.29, 1.82) is 0 Å². The van der Waals surface area contributed by atoms with Crippen LogP contribution in [0.3, 0.4) is 0 Å². The van der Waals surface area contributed by atoms with Gasteiger partial charge in [0.05, 0.1) is 40.8 Å². The van der Waals surface area contributed by atoms with E-state index >= 15 is 0 Å². The minimum absolute atomic E-state index is 0.287. The number of hydrogen-bond donors (Lipinski definition) is 0. The second kappa shape index (κ2) is 11.9. The fraction of sp³-hybridized carbons (Fsp3) is 0.400. The summed E-state index contributed by atoms with van der Waals surface area (Å²) in [5.74, 6) is 5.54. The molecule has 55 heavy (non-hydrogen) atoms. The zero-order valence-electron chi connectivity index (χ0n) is 31.4. The molecule has 4 atom stereocenters. The lowest BCUT2D eigenvalue weighted by Crippen LogP contribution is -2.16. The van der Waals surface area contributed by atoms with Crippen LogP contribution in [0.2, 0.25) is 0 Å². The van der Waals surface area contributed by atoms with Gasteiger partial charge in [-0.1, -0.05) is 0 Å². The molecule has 2 fully saturated rings. The first-order chi connectivity index (χ1) is 26.8. The van der Waals surface area contributed by atoms with E-state index in [0.29, 0.717) is 31.0 Å². The van der Waals surface area contributed by atoms with Gasteiger partial charge in [0, 0.05) is 66.4 Å². The zero-order valence-corrected chi connectivity index (χ0v) is 31.4. The molecule has 0 bridgehead atoms. The van der Waals surface area contributed by atoms with Crippen molar-refractivity contribution in [1.82, 2.24) is 57.9 Å². The van der Waals surface area contributed by atoms with Crippen molar-refractivity contribution in [3.63, 3.8) is 0 Å². The van der Waals surface area contributed by atoms with Crippen molar-refractivity contribution in [2.45, 2.75) is 84.0 Å². The SMILES string of the molecule is Cc1ncc(C)n2nc(C3CC3c3cn4ccc5c(c4n3)OCCC5)nc12.Cc1ncc(C)n2nc(C3CC3c3nc4c5c(ccn4c3C)OCCO5)nc12. The molecule has 2 aliphatic carbocycles. The van der Waals surface area contributed by atoms with Crippen molar-refractivity contribution in [3.8, 4) is 17.2 Å². The molecule has 0 aromatic carbocycles. The van der Waals surface area contributed by atoms with E-state index in [0.717, 1.165) is 124 Å². The third kappa shape index (κ3) is 5.15. The lowest BCUT2D eigenvalue weighted by molar-refractivity contribution is 0.172. The lowest BCUT2D eigenvalue weighted by atomic mass is 10.1. The lowest BCUT2D eigenvalue weighted by Gasteiger charge is -2.18. The molecule has 0 amide bonds. The normalized spacial score (nSPS) is 21.1. The summed E-state index contributed by atoms with van der Waals surface area (Å²) in [6.45, 7) is 12.0. The van der Waals surface area contributed by atoms with Crippen LogP contribution < -0.4 is 14.2 Å². The fourth-order valence-corrected chi connectivity index (χ4v) is 8.28. The molecule has 8 aromatic heterocycles. The molecule has 15 nitrogen and oxygen atoms in total. The van der Waals surface area contributed by atoms with Crippen LogP contribution in [-0.4, -0.2) is 77.8 Å². The Labute approximate surface area is 315 Å². The van der Waals surface area contributed by atoms with Gasteiger partial charge in [-0.25, -0.2) is 29.0 Å². The number of nitrogens with zero attached hydrogens (tertiary/aromatic N) is 12. The van der Waals surface area contributed by atoms with Gasteiger partial charge in [-0.15, -0.1) is 0 Å². The average molecular weight is 737 g/mol. The van der Waals surface area contributed by atoms with Gasteiger partial charge in [0.25, 0.3) is 0 Å². The molecule has 10 heterocycles. The number of hydrogen-bond acceptors (Lipinski definition) is 11. The largest absolute Gasteiger partial charge is 0.489 e. The number of fused-ring (bicyclic) bond motifs is 8. The Balaban J connectivity index is 0.000000128. The smallest absolute Gasteiger partial charge is 0.205 e. The topological polar surface area (TPSA) is 148 Å². The maximum Gasteiger partial charge on any atom is 0.205 e. The number of aryl methyl sites for hydroxylation is 6. The molecule has 0 N–H and O–H groups in total. The highest BCUT2D eigenvalue weighted by molar-refractivity contribution is 5.64. The van der Waals surface area contributed by atoms with Crippen molar-refractivity contribution in [2.75, 3.05) is 19.8 Å². The first-order valence-electron chi connectivity index (χ1n) is 19.1. The Hall–Kier alpha value is -6.12. The van der Waals surface area contributed by atoms with Crippen LogP contribution in [-0.2, 0) is 6.42 Å². The maximum atomic E-state index is 5.91. The summed E-state index contributed by atoms with van der Waals surface area (Å²) in [7, 11) is 0. The minimum atomic E-state index is 0.287. The summed E-state index contributed by atoms with van der Waals surface area (Å²) in [6.07, 6.45) is 14.1. The van der Waals surface area contributed by atoms with E-state index in [2.05, 4.69) is 44.2 Å². The molecule has 4 aliphatic rings. The van der Waals surface area contributed by atoms with E-state index in [1.54, 1.807) is 0 Å². The van der Waals surface area contributed by atoms with E-state index in [9.17, 15) is 0 Å². The number of pyridine rings is 2. The standard InChI is InChI=1S/C20H20N6O2.C20H20N6O/c1-10-9-21-11(2)19-23-18(24-26(10)19)14-8-13(14)16-12(3)25-5-4-15-17(20(25)22-16)28-7-6-27-15;1-11-9-21-12(2)19-23-18(24-26(11)19)15-8-14(15)16-10-25-6-5-13-4-3-7-27-17(13)20(25)22-16/h4-5,9,13-14H,6-8H2,1-3H3;5-6,9-10,14-15H,3-4,7-8H2,1-2H3. The number of aromatic nitrogens is 12. The molecule has 0 radical (unpaired) electrons. The van der Waals surface area contributed by atoms with Crippen LogP contribution >= 0.6 is 0 Å². The predicted molar refractivity (Wildman–Crippen MR) is 201 cm³/mol. The average Bonchev–Trinajstić information content (AvgIpc) is 3.91.